The highest BCUT2D eigenvalue weighted by Gasteiger charge is 2.24. The van der Waals surface area contributed by atoms with Crippen molar-refractivity contribution >= 4 is 15.9 Å². The molecular weight excluding hydrogens is 344 g/mol. The van der Waals surface area contributed by atoms with Crippen LogP contribution in [-0.2, 0) is 6.42 Å². The zero-order chi connectivity index (χ0) is 15.8. The van der Waals surface area contributed by atoms with E-state index in [9.17, 15) is 8.78 Å². The van der Waals surface area contributed by atoms with Gasteiger partial charge in [0.1, 0.15) is 0 Å². The maximum atomic E-state index is 13.5. The summed E-state index contributed by atoms with van der Waals surface area (Å²) in [6, 6.07) is 2.26. The van der Waals surface area contributed by atoms with Crippen LogP contribution in [0.15, 0.2) is 21.1 Å². The van der Waals surface area contributed by atoms with Gasteiger partial charge in [0.25, 0.3) is 0 Å². The van der Waals surface area contributed by atoms with Crippen LogP contribution < -0.4 is 5.73 Å². The van der Waals surface area contributed by atoms with Crippen molar-refractivity contribution in [2.24, 2.45) is 11.1 Å². The minimum Gasteiger partial charge on any atom is -0.339 e. The van der Waals surface area contributed by atoms with Crippen molar-refractivity contribution in [1.29, 1.82) is 0 Å². The maximum Gasteiger partial charge on any atom is 0.228 e. The van der Waals surface area contributed by atoms with Crippen LogP contribution in [0.5, 0.6) is 0 Å². The van der Waals surface area contributed by atoms with E-state index >= 15 is 0 Å². The molecular formula is C14H16BrF2N3O. The predicted octanol–water partition coefficient (Wildman–Crippen LogP) is 3.69. The number of nitrogens with zero attached hydrogens (tertiary/aromatic N) is 2. The van der Waals surface area contributed by atoms with Crippen LogP contribution in [0.2, 0.25) is 0 Å². The number of nitrogens with two attached hydrogens (primary N) is 1. The molecule has 0 fully saturated rings. The Bertz CT molecular complexity index is 652. The minimum absolute atomic E-state index is 0.0324. The highest BCUT2D eigenvalue weighted by Crippen LogP contribution is 2.30. The average Bonchev–Trinajstić information content (AvgIpc) is 2.83. The first-order chi connectivity index (χ1) is 9.70. The van der Waals surface area contributed by atoms with Crippen molar-refractivity contribution in [3.05, 3.63) is 34.1 Å². The van der Waals surface area contributed by atoms with Crippen LogP contribution in [0.25, 0.3) is 11.4 Å². The molecule has 0 bridgehead atoms. The molecule has 1 aromatic carbocycles. The smallest absolute Gasteiger partial charge is 0.228 e. The lowest BCUT2D eigenvalue weighted by Crippen LogP contribution is -2.36. The molecule has 7 heteroatoms. The molecule has 1 atom stereocenters. The number of rotatable bonds is 3. The third-order valence-electron chi connectivity index (χ3n) is 3.25. The van der Waals surface area contributed by atoms with E-state index in [1.54, 1.807) is 0 Å². The molecule has 2 rings (SSSR count). The number of hydrogen-bond donors (Lipinski definition) is 1. The molecule has 0 aliphatic heterocycles. The van der Waals surface area contributed by atoms with E-state index < -0.39 is 11.6 Å². The van der Waals surface area contributed by atoms with Gasteiger partial charge in [0.2, 0.25) is 11.7 Å². The van der Waals surface area contributed by atoms with Gasteiger partial charge in [-0.2, -0.15) is 4.98 Å². The van der Waals surface area contributed by atoms with Crippen molar-refractivity contribution in [2.45, 2.75) is 33.2 Å². The third kappa shape index (κ3) is 3.47. The van der Waals surface area contributed by atoms with Gasteiger partial charge >= 0.3 is 0 Å². The normalized spacial score (nSPS) is 13.5. The molecule has 0 radical (unpaired) electrons. The van der Waals surface area contributed by atoms with Gasteiger partial charge in [-0.05, 0) is 33.5 Å². The van der Waals surface area contributed by atoms with Gasteiger partial charge in [0, 0.05) is 18.0 Å². The van der Waals surface area contributed by atoms with Crippen LogP contribution >= 0.6 is 15.9 Å². The first-order valence-corrected chi connectivity index (χ1v) is 7.21. The van der Waals surface area contributed by atoms with Gasteiger partial charge < -0.3 is 10.3 Å². The summed E-state index contributed by atoms with van der Waals surface area (Å²) in [7, 11) is 0. The second-order valence-electron chi connectivity index (χ2n) is 5.91. The second kappa shape index (κ2) is 5.81. The third-order valence-corrected chi connectivity index (χ3v) is 4.03. The highest BCUT2D eigenvalue weighted by molar-refractivity contribution is 9.10. The van der Waals surface area contributed by atoms with Gasteiger partial charge in [-0.3, -0.25) is 0 Å². The molecule has 1 aromatic heterocycles. The van der Waals surface area contributed by atoms with Gasteiger partial charge in [-0.25, -0.2) is 8.78 Å². The Morgan fingerprint density at radius 3 is 2.62 bits per heavy atom. The highest BCUT2D eigenvalue weighted by atomic mass is 79.9. The Balaban J connectivity index is 2.27. The Labute approximate surface area is 129 Å². The zero-order valence-corrected chi connectivity index (χ0v) is 13.5. The van der Waals surface area contributed by atoms with Crippen molar-refractivity contribution < 1.29 is 13.3 Å². The molecule has 21 heavy (non-hydrogen) atoms. The van der Waals surface area contributed by atoms with E-state index in [1.165, 1.54) is 6.07 Å². The summed E-state index contributed by atoms with van der Waals surface area (Å²) in [5.41, 5.74) is 6.29. The van der Waals surface area contributed by atoms with Gasteiger partial charge in [-0.1, -0.05) is 25.9 Å². The van der Waals surface area contributed by atoms with Crippen LogP contribution in [0.1, 0.15) is 26.7 Å². The quantitative estimate of drug-likeness (QED) is 0.848. The number of benzene rings is 1. The molecule has 1 unspecified atom stereocenters. The maximum absolute atomic E-state index is 13.5. The molecule has 0 saturated heterocycles. The first kappa shape index (κ1) is 16.0. The zero-order valence-electron chi connectivity index (χ0n) is 12.0. The van der Waals surface area contributed by atoms with Crippen molar-refractivity contribution in [3.8, 4) is 11.4 Å². The molecule has 0 aliphatic rings. The number of halogens is 3. The molecule has 0 aliphatic carbocycles. The van der Waals surface area contributed by atoms with Crippen LogP contribution in [0, 0.1) is 17.0 Å². The van der Waals surface area contributed by atoms with Gasteiger partial charge in [0.15, 0.2) is 11.6 Å². The summed E-state index contributed by atoms with van der Waals surface area (Å²) in [6.45, 7) is 6.04. The van der Waals surface area contributed by atoms with Crippen LogP contribution in [0.3, 0.4) is 0 Å². The summed E-state index contributed by atoms with van der Waals surface area (Å²) < 4.78 is 31.7. The molecule has 4 nitrogen and oxygen atoms in total. The second-order valence-corrected chi connectivity index (χ2v) is 6.70. The van der Waals surface area contributed by atoms with E-state index in [1.807, 2.05) is 20.8 Å². The number of aromatic nitrogens is 2. The molecule has 2 aromatic rings. The van der Waals surface area contributed by atoms with Gasteiger partial charge in [-0.15, -0.1) is 0 Å². The van der Waals surface area contributed by atoms with Crippen molar-refractivity contribution in [2.75, 3.05) is 0 Å². The molecule has 0 amide bonds. The van der Waals surface area contributed by atoms with E-state index in [0.29, 0.717) is 17.9 Å². The van der Waals surface area contributed by atoms with E-state index in [0.717, 1.165) is 6.07 Å². The summed E-state index contributed by atoms with van der Waals surface area (Å²) >= 11 is 3.00. The lowest BCUT2D eigenvalue weighted by atomic mass is 9.85. The van der Waals surface area contributed by atoms with Crippen LogP contribution in [-0.4, -0.2) is 16.2 Å². The Kier molecular flexibility index (Phi) is 4.43. The average molecular weight is 360 g/mol. The minimum atomic E-state index is -0.981. The monoisotopic (exact) mass is 359 g/mol. The fourth-order valence-electron chi connectivity index (χ4n) is 1.64. The Hall–Kier alpha value is -1.34. The van der Waals surface area contributed by atoms with Crippen molar-refractivity contribution in [1.82, 2.24) is 10.1 Å². The molecule has 1 heterocycles. The molecule has 0 spiro atoms. The van der Waals surface area contributed by atoms with Crippen LogP contribution in [0.4, 0.5) is 8.78 Å². The molecule has 114 valence electrons. The van der Waals surface area contributed by atoms with E-state index in [-0.39, 0.29) is 21.8 Å². The summed E-state index contributed by atoms with van der Waals surface area (Å²) in [6.07, 6.45) is 0.414. The summed E-state index contributed by atoms with van der Waals surface area (Å²) in [5.74, 6) is -1.37. The van der Waals surface area contributed by atoms with Gasteiger partial charge in [0.05, 0.1) is 4.47 Å². The summed E-state index contributed by atoms with van der Waals surface area (Å²) in [5, 5.41) is 3.79. The largest absolute Gasteiger partial charge is 0.339 e. The first-order valence-electron chi connectivity index (χ1n) is 6.42. The summed E-state index contributed by atoms with van der Waals surface area (Å²) in [4.78, 5) is 4.19. The topological polar surface area (TPSA) is 64.9 Å². The predicted molar refractivity (Wildman–Crippen MR) is 78.5 cm³/mol. The van der Waals surface area contributed by atoms with E-state index in [4.69, 9.17) is 10.3 Å². The number of hydrogen-bond acceptors (Lipinski definition) is 4. The molecule has 2 N–H and O–H groups in total. The fraction of sp³-hybridized carbons (Fsp3) is 0.429. The lowest BCUT2D eigenvalue weighted by Gasteiger charge is -2.25. The van der Waals surface area contributed by atoms with Crippen molar-refractivity contribution in [3.63, 3.8) is 0 Å². The Morgan fingerprint density at radius 1 is 1.33 bits per heavy atom. The fourth-order valence-corrected chi connectivity index (χ4v) is 2.14. The standard InChI is InChI=1S/C14H16BrF2N3O/c1-14(2,3)9(18)6-10-19-13(20-21-10)7-4-5-8(16)12(17)11(7)15/h4-5,9H,6,18H2,1-3H3. The van der Waals surface area contributed by atoms with E-state index in [2.05, 4.69) is 26.1 Å². The Morgan fingerprint density at radius 2 is 2.00 bits per heavy atom. The SMILES string of the molecule is CC(C)(C)C(N)Cc1nc(-c2ccc(F)c(F)c2Br)no1. The lowest BCUT2D eigenvalue weighted by molar-refractivity contribution is 0.286. The molecule has 0 saturated carbocycles.